The molecule has 0 aliphatic heterocycles. The Morgan fingerprint density at radius 2 is 1.10 bits per heavy atom. The van der Waals surface area contributed by atoms with Crippen LogP contribution in [0.1, 0.15) is 103 Å². The Kier molecular flexibility index (Phi) is 9.17. The first-order valence-electron chi connectivity index (χ1n) is 11.5. The van der Waals surface area contributed by atoms with E-state index < -0.39 is 9.84 Å². The molecular formula is C23H40O5S. The highest BCUT2D eigenvalue weighted by molar-refractivity contribution is 7.91. The monoisotopic (exact) mass is 428 g/mol. The van der Waals surface area contributed by atoms with Crippen LogP contribution in [0.25, 0.3) is 0 Å². The third-order valence-electron chi connectivity index (χ3n) is 6.87. The van der Waals surface area contributed by atoms with Gasteiger partial charge in [-0.3, -0.25) is 9.59 Å². The van der Waals surface area contributed by atoms with Gasteiger partial charge in [0, 0.05) is 11.7 Å². The number of sulfone groups is 1. The van der Waals surface area contributed by atoms with E-state index in [1.165, 1.54) is 52.1 Å². The van der Waals surface area contributed by atoms with E-state index in [4.69, 9.17) is 4.74 Å². The molecular weight excluding hydrogens is 388 g/mol. The number of Topliss-reactive ketones (excluding diaryl/α,β-unsaturated/α-hetero) is 1. The summed E-state index contributed by atoms with van der Waals surface area (Å²) < 4.78 is 27.5. The molecule has 2 saturated carbocycles. The molecule has 0 unspecified atom stereocenters. The average molecular weight is 429 g/mol. The molecule has 2 rings (SSSR count). The second kappa shape index (κ2) is 10.9. The molecule has 29 heavy (non-hydrogen) atoms. The number of carbonyl (C=O) groups excluding carboxylic acids is 2. The zero-order valence-corrected chi connectivity index (χ0v) is 19.3. The number of hydrogen-bond acceptors (Lipinski definition) is 5. The minimum absolute atomic E-state index is 0.00938. The number of methoxy groups -OCH3 is 1. The molecule has 0 aromatic carbocycles. The maximum atomic E-state index is 12.2. The Bertz CT molecular complexity index is 644. The Morgan fingerprint density at radius 3 is 1.45 bits per heavy atom. The van der Waals surface area contributed by atoms with Gasteiger partial charge in [-0.2, -0.15) is 0 Å². The fourth-order valence-corrected chi connectivity index (χ4v) is 5.26. The van der Waals surface area contributed by atoms with Crippen LogP contribution in [0.15, 0.2) is 0 Å². The van der Waals surface area contributed by atoms with Crippen molar-refractivity contribution in [2.75, 3.05) is 19.1 Å². The maximum absolute atomic E-state index is 12.2. The Hall–Kier alpha value is -0.910. The predicted molar refractivity (Wildman–Crippen MR) is 115 cm³/mol. The van der Waals surface area contributed by atoms with Crippen molar-refractivity contribution >= 4 is 21.6 Å². The van der Waals surface area contributed by atoms with Crippen molar-refractivity contribution in [3.05, 3.63) is 0 Å². The summed E-state index contributed by atoms with van der Waals surface area (Å²) in [4.78, 5) is 23.9. The molecule has 2 aliphatic carbocycles. The fourth-order valence-electron chi connectivity index (χ4n) is 4.47. The summed E-state index contributed by atoms with van der Waals surface area (Å²) in [5, 5.41) is 0. The van der Waals surface area contributed by atoms with Crippen LogP contribution >= 0.6 is 0 Å². The van der Waals surface area contributed by atoms with Gasteiger partial charge in [0.25, 0.3) is 0 Å². The van der Waals surface area contributed by atoms with Gasteiger partial charge >= 0.3 is 5.97 Å². The highest BCUT2D eigenvalue weighted by Crippen LogP contribution is 2.51. The first-order chi connectivity index (χ1) is 13.7. The van der Waals surface area contributed by atoms with Crippen molar-refractivity contribution in [2.24, 2.45) is 10.8 Å². The minimum atomic E-state index is -3.20. The highest BCUT2D eigenvalue weighted by Gasteiger charge is 2.50. The van der Waals surface area contributed by atoms with Crippen molar-refractivity contribution in [3.8, 4) is 0 Å². The van der Waals surface area contributed by atoms with Crippen LogP contribution in [0.4, 0.5) is 0 Å². The Balaban J connectivity index is 1.39. The summed E-state index contributed by atoms with van der Waals surface area (Å²) in [6.45, 7) is 0. The molecule has 5 nitrogen and oxygen atoms in total. The van der Waals surface area contributed by atoms with Gasteiger partial charge in [-0.1, -0.05) is 64.2 Å². The Labute approximate surface area is 177 Å². The third kappa shape index (κ3) is 8.39. The summed E-state index contributed by atoms with van der Waals surface area (Å²) in [6, 6.07) is 0. The van der Waals surface area contributed by atoms with Crippen molar-refractivity contribution in [1.29, 1.82) is 0 Å². The molecule has 2 aliphatic rings. The van der Waals surface area contributed by atoms with Crippen molar-refractivity contribution in [3.63, 3.8) is 0 Å². The molecule has 168 valence electrons. The highest BCUT2D eigenvalue weighted by atomic mass is 32.2. The lowest BCUT2D eigenvalue weighted by Gasteiger charge is -2.13. The molecule has 6 heteroatoms. The lowest BCUT2D eigenvalue weighted by Crippen LogP contribution is -2.24. The third-order valence-corrected chi connectivity index (χ3v) is 7.66. The molecule has 0 spiro atoms. The number of ketones is 1. The molecule has 0 heterocycles. The summed E-state index contributed by atoms with van der Waals surface area (Å²) in [5.41, 5.74) is -0.417. The summed E-state index contributed by atoms with van der Waals surface area (Å²) >= 11 is 0. The zero-order valence-electron chi connectivity index (χ0n) is 18.5. The molecule has 0 bridgehead atoms. The van der Waals surface area contributed by atoms with E-state index in [-0.39, 0.29) is 28.3 Å². The second-order valence-electron chi connectivity index (χ2n) is 9.58. The first-order valence-corrected chi connectivity index (χ1v) is 13.6. The van der Waals surface area contributed by atoms with Crippen LogP contribution in [0.2, 0.25) is 0 Å². The van der Waals surface area contributed by atoms with E-state index in [1.54, 1.807) is 0 Å². The summed E-state index contributed by atoms with van der Waals surface area (Å²) in [7, 11) is -1.71. The van der Waals surface area contributed by atoms with E-state index in [1.807, 2.05) is 0 Å². The molecule has 0 atom stereocenters. The van der Waals surface area contributed by atoms with Gasteiger partial charge < -0.3 is 4.74 Å². The summed E-state index contributed by atoms with van der Waals surface area (Å²) in [6.07, 6.45) is 18.8. The van der Waals surface area contributed by atoms with Crippen LogP contribution < -0.4 is 0 Å². The van der Waals surface area contributed by atoms with Crippen LogP contribution in [-0.4, -0.2) is 39.3 Å². The standard InChI is InChI=1S/C23H40O5S/c1-28-21(25)23(17-18-23)14-12-10-8-6-4-3-5-7-9-11-13-22(15-16-22)20(24)19-29(2,26)27/h3-19H2,1-2H3. The van der Waals surface area contributed by atoms with Crippen LogP contribution in [0, 0.1) is 10.8 Å². The van der Waals surface area contributed by atoms with E-state index in [0.29, 0.717) is 0 Å². The molecule has 0 amide bonds. The SMILES string of the molecule is COC(=O)C1(CCCCCCCCCCCCC2(C(=O)CS(C)(=O)=O)CC2)CC1. The van der Waals surface area contributed by atoms with Crippen LogP contribution in [-0.2, 0) is 24.2 Å². The second-order valence-corrected chi connectivity index (χ2v) is 11.7. The van der Waals surface area contributed by atoms with Crippen molar-refractivity contribution < 1.29 is 22.7 Å². The topological polar surface area (TPSA) is 77.5 Å². The smallest absolute Gasteiger partial charge is 0.311 e. The lowest BCUT2D eigenvalue weighted by molar-refractivity contribution is -0.147. The van der Waals surface area contributed by atoms with E-state index in [0.717, 1.165) is 64.0 Å². The molecule has 2 fully saturated rings. The van der Waals surface area contributed by atoms with Gasteiger partial charge in [0.1, 0.15) is 5.75 Å². The lowest BCUT2D eigenvalue weighted by atomic mass is 9.94. The zero-order chi connectivity index (χ0) is 21.4. The maximum Gasteiger partial charge on any atom is 0.311 e. The number of carbonyl (C=O) groups is 2. The van der Waals surface area contributed by atoms with Crippen LogP contribution in [0.3, 0.4) is 0 Å². The molecule has 0 saturated heterocycles. The number of unbranched alkanes of at least 4 members (excludes halogenated alkanes) is 9. The molecule has 0 N–H and O–H groups in total. The quantitative estimate of drug-likeness (QED) is 0.240. The van der Waals surface area contributed by atoms with E-state index >= 15 is 0 Å². The molecule has 0 aromatic heterocycles. The number of hydrogen-bond donors (Lipinski definition) is 0. The number of ether oxygens (including phenoxy) is 1. The summed E-state index contributed by atoms with van der Waals surface area (Å²) in [5.74, 6) is -0.347. The molecule has 0 aromatic rings. The predicted octanol–water partition coefficient (Wildman–Crippen LogP) is 5.01. The van der Waals surface area contributed by atoms with Gasteiger partial charge in [-0.05, 0) is 38.5 Å². The fraction of sp³-hybridized carbons (Fsp3) is 0.913. The van der Waals surface area contributed by atoms with Crippen molar-refractivity contribution in [1.82, 2.24) is 0 Å². The van der Waals surface area contributed by atoms with Gasteiger partial charge in [0.2, 0.25) is 0 Å². The number of rotatable bonds is 17. The van der Waals surface area contributed by atoms with Gasteiger partial charge in [-0.25, -0.2) is 8.42 Å². The van der Waals surface area contributed by atoms with Gasteiger partial charge in [0.05, 0.1) is 12.5 Å². The van der Waals surface area contributed by atoms with E-state index in [2.05, 4.69) is 0 Å². The minimum Gasteiger partial charge on any atom is -0.469 e. The van der Waals surface area contributed by atoms with Crippen molar-refractivity contribution in [2.45, 2.75) is 103 Å². The average Bonchev–Trinajstić information content (AvgIpc) is 3.56. The molecule has 0 radical (unpaired) electrons. The van der Waals surface area contributed by atoms with Gasteiger partial charge in [0.15, 0.2) is 15.6 Å². The van der Waals surface area contributed by atoms with Crippen LogP contribution in [0.5, 0.6) is 0 Å². The normalized spacial score (nSPS) is 19.0. The van der Waals surface area contributed by atoms with E-state index in [9.17, 15) is 18.0 Å². The first kappa shape index (κ1) is 24.4. The van der Waals surface area contributed by atoms with Gasteiger partial charge in [-0.15, -0.1) is 0 Å². The number of esters is 1. The Morgan fingerprint density at radius 1 is 0.724 bits per heavy atom. The largest absolute Gasteiger partial charge is 0.469 e.